The molecule has 0 spiro atoms. The Morgan fingerprint density at radius 3 is 2.59 bits per heavy atom. The first-order valence-electron chi connectivity index (χ1n) is 8.97. The van der Waals surface area contributed by atoms with Crippen molar-refractivity contribution >= 4 is 45.3 Å². The van der Waals surface area contributed by atoms with E-state index in [0.29, 0.717) is 16.7 Å². The number of thiocarbonyl (C=S) groups is 1. The summed E-state index contributed by atoms with van der Waals surface area (Å²) in [7, 11) is 1.39. The lowest BCUT2D eigenvalue weighted by atomic mass is 10.1. The van der Waals surface area contributed by atoms with Crippen molar-refractivity contribution in [2.75, 3.05) is 37.0 Å². The second kappa shape index (κ2) is 8.27. The second-order valence-electron chi connectivity index (χ2n) is 6.85. The van der Waals surface area contributed by atoms with E-state index in [-0.39, 0.29) is 5.97 Å². The van der Waals surface area contributed by atoms with Gasteiger partial charge in [0.05, 0.1) is 12.7 Å². The quantitative estimate of drug-likeness (QED) is 0.616. The Balaban J connectivity index is 1.66. The van der Waals surface area contributed by atoms with Crippen LogP contribution in [0.15, 0.2) is 30.3 Å². The fourth-order valence-electron chi connectivity index (χ4n) is 3.31. The third-order valence-electron chi connectivity index (χ3n) is 4.76. The van der Waals surface area contributed by atoms with E-state index in [4.69, 9.17) is 17.0 Å². The van der Waals surface area contributed by atoms with Crippen LogP contribution in [0.1, 0.15) is 27.7 Å². The molecule has 3 rings (SSSR count). The summed E-state index contributed by atoms with van der Waals surface area (Å²) in [6.07, 6.45) is 0. The molecule has 1 aromatic carbocycles. The zero-order chi connectivity index (χ0) is 19.6. The fraction of sp³-hybridized carbons (Fsp3) is 0.400. The number of hydrogen-bond donors (Lipinski definition) is 1. The van der Waals surface area contributed by atoms with E-state index >= 15 is 0 Å². The maximum Gasteiger partial charge on any atom is 0.340 e. The molecule has 1 saturated heterocycles. The van der Waals surface area contributed by atoms with Gasteiger partial charge in [-0.2, -0.15) is 0 Å². The van der Waals surface area contributed by atoms with E-state index in [9.17, 15) is 4.79 Å². The van der Waals surface area contributed by atoms with Crippen LogP contribution in [0, 0.1) is 13.8 Å². The predicted octanol–water partition coefficient (Wildman–Crippen LogP) is 4.06. The van der Waals surface area contributed by atoms with E-state index in [1.807, 2.05) is 13.0 Å². The monoisotopic (exact) mass is 403 g/mol. The van der Waals surface area contributed by atoms with E-state index in [0.717, 1.165) is 29.5 Å². The molecule has 5 nitrogen and oxygen atoms in total. The Morgan fingerprint density at radius 1 is 1.26 bits per heavy atom. The summed E-state index contributed by atoms with van der Waals surface area (Å²) in [4.78, 5) is 17.6. The number of rotatable bonds is 3. The first-order valence-corrected chi connectivity index (χ1v) is 10.2. The number of nitrogens with zero attached hydrogens (tertiary/aromatic N) is 2. The van der Waals surface area contributed by atoms with Crippen LogP contribution in [0.2, 0.25) is 0 Å². The Hall–Kier alpha value is -2.12. The number of carbonyl (C=O) groups excluding carboxylic acids is 1. The van der Waals surface area contributed by atoms with Gasteiger partial charge in [-0.1, -0.05) is 17.7 Å². The molecule has 0 amide bonds. The number of thiophene rings is 1. The Bertz CT molecular complexity index is 832. The highest BCUT2D eigenvalue weighted by Gasteiger charge is 2.26. The standard InChI is InChI=1S/C20H25N3O2S2/c1-13-5-7-16(8-6-13)23-10-9-22(12-14(23)2)20(26)21-18-17(19(24)25-4)11-15(3)27-18/h5-8,11,14H,9-10,12H2,1-4H3,(H,21,26). The summed E-state index contributed by atoms with van der Waals surface area (Å²) >= 11 is 7.14. The molecule has 1 unspecified atom stereocenters. The van der Waals surface area contributed by atoms with Crippen molar-refractivity contribution in [3.05, 3.63) is 46.3 Å². The summed E-state index contributed by atoms with van der Waals surface area (Å²) in [6.45, 7) is 8.85. The summed E-state index contributed by atoms with van der Waals surface area (Å²) in [5.74, 6) is -0.345. The highest BCUT2D eigenvalue weighted by Crippen LogP contribution is 2.29. The number of nitrogens with one attached hydrogen (secondary N) is 1. The molecule has 144 valence electrons. The predicted molar refractivity (Wildman–Crippen MR) is 116 cm³/mol. The maximum absolute atomic E-state index is 12.0. The molecule has 1 N–H and O–H groups in total. The first kappa shape index (κ1) is 19.6. The Morgan fingerprint density at radius 2 is 1.96 bits per heavy atom. The molecule has 2 heterocycles. The van der Waals surface area contributed by atoms with Crippen molar-refractivity contribution < 1.29 is 9.53 Å². The molecule has 27 heavy (non-hydrogen) atoms. The molecule has 0 bridgehead atoms. The van der Waals surface area contributed by atoms with E-state index in [2.05, 4.69) is 53.2 Å². The molecule has 0 radical (unpaired) electrons. The molecular formula is C20H25N3O2S2. The lowest BCUT2D eigenvalue weighted by molar-refractivity contribution is 0.0602. The van der Waals surface area contributed by atoms with E-state index in [1.54, 1.807) is 0 Å². The third-order valence-corrected chi connectivity index (χ3v) is 6.09. The van der Waals surface area contributed by atoms with Gasteiger partial charge >= 0.3 is 5.97 Å². The van der Waals surface area contributed by atoms with Crippen molar-refractivity contribution in [3.63, 3.8) is 0 Å². The zero-order valence-corrected chi connectivity index (χ0v) is 17.7. The Labute approximate surface area is 169 Å². The zero-order valence-electron chi connectivity index (χ0n) is 16.1. The number of esters is 1. The molecule has 1 fully saturated rings. The van der Waals surface area contributed by atoms with Crippen molar-refractivity contribution in [3.8, 4) is 0 Å². The number of hydrogen-bond acceptors (Lipinski definition) is 5. The van der Waals surface area contributed by atoms with Crippen molar-refractivity contribution in [2.24, 2.45) is 0 Å². The van der Waals surface area contributed by atoms with E-state index in [1.165, 1.54) is 29.7 Å². The fourth-order valence-corrected chi connectivity index (χ4v) is 4.54. The smallest absolute Gasteiger partial charge is 0.340 e. The van der Waals surface area contributed by atoms with Gasteiger partial charge in [0.25, 0.3) is 0 Å². The van der Waals surface area contributed by atoms with Gasteiger partial charge in [0.15, 0.2) is 5.11 Å². The first-order chi connectivity index (χ1) is 12.9. The average molecular weight is 404 g/mol. The Kier molecular flexibility index (Phi) is 6.01. The number of ether oxygens (including phenoxy) is 1. The van der Waals surface area contributed by atoms with Crippen LogP contribution in [0.3, 0.4) is 0 Å². The van der Waals surface area contributed by atoms with Gasteiger partial charge in [0, 0.05) is 36.2 Å². The lowest BCUT2D eigenvalue weighted by Crippen LogP contribution is -2.54. The molecule has 0 saturated carbocycles. The molecule has 7 heteroatoms. The molecule has 1 aromatic heterocycles. The van der Waals surface area contributed by atoms with Crippen molar-refractivity contribution in [2.45, 2.75) is 26.8 Å². The highest BCUT2D eigenvalue weighted by atomic mass is 32.1. The summed E-state index contributed by atoms with van der Waals surface area (Å²) in [6, 6.07) is 10.8. The van der Waals surface area contributed by atoms with Gasteiger partial charge in [-0.25, -0.2) is 4.79 Å². The average Bonchev–Trinajstić information content (AvgIpc) is 3.02. The molecule has 2 aromatic rings. The largest absolute Gasteiger partial charge is 0.465 e. The molecular weight excluding hydrogens is 378 g/mol. The normalized spacial score (nSPS) is 17.0. The van der Waals surface area contributed by atoms with Crippen LogP contribution >= 0.6 is 23.6 Å². The van der Waals surface area contributed by atoms with Gasteiger partial charge in [0.2, 0.25) is 0 Å². The molecule has 1 aliphatic heterocycles. The molecule has 0 aliphatic carbocycles. The maximum atomic E-state index is 12.0. The summed E-state index contributed by atoms with van der Waals surface area (Å²) in [5, 5.41) is 4.65. The topological polar surface area (TPSA) is 44.8 Å². The van der Waals surface area contributed by atoms with Crippen LogP contribution in [-0.4, -0.2) is 48.8 Å². The number of benzene rings is 1. The third kappa shape index (κ3) is 4.42. The number of methoxy groups -OCH3 is 1. The van der Waals surface area contributed by atoms with Gasteiger partial charge in [-0.05, 0) is 51.2 Å². The number of piperazine rings is 1. The van der Waals surface area contributed by atoms with Gasteiger partial charge in [-0.3, -0.25) is 0 Å². The van der Waals surface area contributed by atoms with Crippen LogP contribution in [0.25, 0.3) is 0 Å². The SMILES string of the molecule is COC(=O)c1cc(C)sc1NC(=S)N1CCN(c2ccc(C)cc2)C(C)C1. The van der Waals surface area contributed by atoms with Gasteiger partial charge in [0.1, 0.15) is 5.00 Å². The van der Waals surface area contributed by atoms with Crippen LogP contribution < -0.4 is 10.2 Å². The van der Waals surface area contributed by atoms with Gasteiger partial charge in [-0.15, -0.1) is 11.3 Å². The number of aryl methyl sites for hydroxylation is 2. The molecule has 1 atom stereocenters. The minimum absolute atomic E-state index is 0.339. The van der Waals surface area contributed by atoms with Crippen molar-refractivity contribution in [1.29, 1.82) is 0 Å². The van der Waals surface area contributed by atoms with E-state index < -0.39 is 0 Å². The van der Waals surface area contributed by atoms with Crippen LogP contribution in [0.4, 0.5) is 10.7 Å². The highest BCUT2D eigenvalue weighted by molar-refractivity contribution is 7.80. The van der Waals surface area contributed by atoms with Gasteiger partial charge < -0.3 is 19.9 Å². The second-order valence-corrected chi connectivity index (χ2v) is 8.49. The molecule has 1 aliphatic rings. The van der Waals surface area contributed by atoms with Crippen molar-refractivity contribution in [1.82, 2.24) is 4.90 Å². The lowest BCUT2D eigenvalue weighted by Gasteiger charge is -2.42. The minimum Gasteiger partial charge on any atom is -0.465 e. The number of carbonyl (C=O) groups is 1. The summed E-state index contributed by atoms with van der Waals surface area (Å²) < 4.78 is 4.87. The minimum atomic E-state index is -0.345. The number of anilines is 2. The van der Waals surface area contributed by atoms with Crippen LogP contribution in [-0.2, 0) is 4.74 Å². The van der Waals surface area contributed by atoms with Crippen LogP contribution in [0.5, 0.6) is 0 Å². The summed E-state index contributed by atoms with van der Waals surface area (Å²) in [5.41, 5.74) is 3.05.